The molecule has 2 rings (SSSR count). The van der Waals surface area contributed by atoms with Gasteiger partial charge in [-0.2, -0.15) is 0 Å². The first-order valence-electron chi connectivity index (χ1n) is 6.76. The maximum absolute atomic E-state index is 10.6. The molecule has 21 heavy (non-hydrogen) atoms. The molecule has 5 nitrogen and oxygen atoms in total. The molecule has 0 bridgehead atoms. The van der Waals surface area contributed by atoms with Gasteiger partial charge in [-0.3, -0.25) is 10.1 Å². The average molecular weight is 306 g/mol. The molecule has 0 aliphatic rings. The second kappa shape index (κ2) is 6.63. The first kappa shape index (κ1) is 15.4. The SMILES string of the molecule is CCCc1nc(Cc2ccc([N+](=O)[O-])cc2)nc(C)c1Cl. The molecular formula is C15H16ClN3O2. The molecule has 0 amide bonds. The summed E-state index contributed by atoms with van der Waals surface area (Å²) >= 11 is 6.20. The molecule has 0 aliphatic carbocycles. The molecule has 0 N–H and O–H groups in total. The predicted molar refractivity (Wildman–Crippen MR) is 81.7 cm³/mol. The minimum atomic E-state index is -0.411. The van der Waals surface area contributed by atoms with E-state index in [1.54, 1.807) is 12.1 Å². The largest absolute Gasteiger partial charge is 0.269 e. The van der Waals surface area contributed by atoms with Gasteiger partial charge >= 0.3 is 0 Å². The fourth-order valence-corrected chi connectivity index (χ4v) is 2.26. The van der Waals surface area contributed by atoms with Crippen LogP contribution < -0.4 is 0 Å². The summed E-state index contributed by atoms with van der Waals surface area (Å²) in [6.45, 7) is 3.94. The third-order valence-electron chi connectivity index (χ3n) is 3.13. The fourth-order valence-electron chi connectivity index (χ4n) is 2.08. The van der Waals surface area contributed by atoms with E-state index in [0.717, 1.165) is 29.8 Å². The molecule has 0 aliphatic heterocycles. The van der Waals surface area contributed by atoms with Crippen molar-refractivity contribution < 1.29 is 4.92 Å². The molecule has 0 atom stereocenters. The van der Waals surface area contributed by atoms with Crippen molar-refractivity contribution in [2.24, 2.45) is 0 Å². The summed E-state index contributed by atoms with van der Waals surface area (Å²) in [7, 11) is 0. The second-order valence-corrected chi connectivity index (χ2v) is 5.21. The van der Waals surface area contributed by atoms with E-state index < -0.39 is 4.92 Å². The van der Waals surface area contributed by atoms with Crippen molar-refractivity contribution in [2.75, 3.05) is 0 Å². The topological polar surface area (TPSA) is 68.9 Å². The van der Waals surface area contributed by atoms with Crippen LogP contribution >= 0.6 is 11.6 Å². The Hall–Kier alpha value is -2.01. The monoisotopic (exact) mass is 305 g/mol. The van der Waals surface area contributed by atoms with Gasteiger partial charge < -0.3 is 0 Å². The molecule has 0 spiro atoms. The Kier molecular flexibility index (Phi) is 4.85. The van der Waals surface area contributed by atoms with E-state index in [4.69, 9.17) is 11.6 Å². The molecule has 0 unspecified atom stereocenters. The summed E-state index contributed by atoms with van der Waals surface area (Å²) < 4.78 is 0. The number of rotatable bonds is 5. The summed E-state index contributed by atoms with van der Waals surface area (Å²) in [4.78, 5) is 19.1. The third kappa shape index (κ3) is 3.76. The zero-order valence-corrected chi connectivity index (χ0v) is 12.7. The summed E-state index contributed by atoms with van der Waals surface area (Å²) in [6.07, 6.45) is 2.31. The summed E-state index contributed by atoms with van der Waals surface area (Å²) in [5, 5.41) is 11.3. The summed E-state index contributed by atoms with van der Waals surface area (Å²) in [6, 6.07) is 6.44. The molecule has 0 saturated carbocycles. The predicted octanol–water partition coefficient (Wildman–Crippen LogP) is 3.89. The Balaban J connectivity index is 2.24. The first-order chi connectivity index (χ1) is 10.0. The van der Waals surface area contributed by atoms with Gasteiger partial charge in [0.2, 0.25) is 0 Å². The van der Waals surface area contributed by atoms with E-state index in [1.807, 2.05) is 6.92 Å². The number of nitro groups is 1. The van der Waals surface area contributed by atoms with Gasteiger partial charge in [0.1, 0.15) is 5.82 Å². The van der Waals surface area contributed by atoms with Crippen molar-refractivity contribution in [1.82, 2.24) is 9.97 Å². The van der Waals surface area contributed by atoms with Crippen LogP contribution in [0.4, 0.5) is 5.69 Å². The van der Waals surface area contributed by atoms with Crippen molar-refractivity contribution in [1.29, 1.82) is 0 Å². The Morgan fingerprint density at radius 2 is 1.90 bits per heavy atom. The van der Waals surface area contributed by atoms with Crippen molar-refractivity contribution in [3.05, 3.63) is 62.2 Å². The Morgan fingerprint density at radius 1 is 1.24 bits per heavy atom. The quantitative estimate of drug-likeness (QED) is 0.620. The average Bonchev–Trinajstić information content (AvgIpc) is 2.45. The number of aryl methyl sites for hydroxylation is 2. The highest BCUT2D eigenvalue weighted by atomic mass is 35.5. The minimum Gasteiger partial charge on any atom is -0.258 e. The van der Waals surface area contributed by atoms with Gasteiger partial charge in [0.25, 0.3) is 5.69 Å². The van der Waals surface area contributed by atoms with E-state index in [0.29, 0.717) is 17.3 Å². The summed E-state index contributed by atoms with van der Waals surface area (Å²) in [5.74, 6) is 0.689. The van der Waals surface area contributed by atoms with Gasteiger partial charge in [-0.25, -0.2) is 9.97 Å². The molecule has 0 radical (unpaired) electrons. The minimum absolute atomic E-state index is 0.0821. The Labute approximate surface area is 128 Å². The number of nitrogens with zero attached hydrogens (tertiary/aromatic N) is 3. The lowest BCUT2D eigenvalue weighted by molar-refractivity contribution is -0.384. The smallest absolute Gasteiger partial charge is 0.258 e. The van der Waals surface area contributed by atoms with E-state index in [-0.39, 0.29) is 5.69 Å². The highest BCUT2D eigenvalue weighted by Gasteiger charge is 2.10. The number of aromatic nitrogens is 2. The number of benzene rings is 1. The van der Waals surface area contributed by atoms with Crippen molar-refractivity contribution in [2.45, 2.75) is 33.1 Å². The van der Waals surface area contributed by atoms with Gasteiger partial charge in [0.05, 0.1) is 21.3 Å². The lowest BCUT2D eigenvalue weighted by atomic mass is 10.1. The van der Waals surface area contributed by atoms with Crippen molar-refractivity contribution >= 4 is 17.3 Å². The van der Waals surface area contributed by atoms with E-state index in [2.05, 4.69) is 16.9 Å². The Bertz CT molecular complexity index is 657. The zero-order valence-electron chi connectivity index (χ0n) is 12.0. The molecule has 0 saturated heterocycles. The van der Waals surface area contributed by atoms with Crippen LogP contribution in [0.5, 0.6) is 0 Å². The molecule has 1 aromatic carbocycles. The lowest BCUT2D eigenvalue weighted by Crippen LogP contribution is -2.04. The number of nitro benzene ring substituents is 1. The fraction of sp³-hybridized carbons (Fsp3) is 0.333. The van der Waals surface area contributed by atoms with E-state index in [9.17, 15) is 10.1 Å². The second-order valence-electron chi connectivity index (χ2n) is 4.84. The maximum Gasteiger partial charge on any atom is 0.269 e. The van der Waals surface area contributed by atoms with Crippen LogP contribution in [0.25, 0.3) is 0 Å². The highest BCUT2D eigenvalue weighted by Crippen LogP contribution is 2.20. The van der Waals surface area contributed by atoms with E-state index in [1.165, 1.54) is 12.1 Å². The van der Waals surface area contributed by atoms with Crippen LogP contribution in [0, 0.1) is 17.0 Å². The van der Waals surface area contributed by atoms with Gasteiger partial charge in [-0.15, -0.1) is 0 Å². The van der Waals surface area contributed by atoms with Crippen molar-refractivity contribution in [3.63, 3.8) is 0 Å². The van der Waals surface area contributed by atoms with Gasteiger partial charge in [0, 0.05) is 18.6 Å². The lowest BCUT2D eigenvalue weighted by Gasteiger charge is -2.08. The van der Waals surface area contributed by atoms with Crippen LogP contribution in [0.15, 0.2) is 24.3 Å². The van der Waals surface area contributed by atoms with Crippen LogP contribution in [0.2, 0.25) is 5.02 Å². The van der Waals surface area contributed by atoms with Crippen LogP contribution in [0.3, 0.4) is 0 Å². The number of halogens is 1. The van der Waals surface area contributed by atoms with Gasteiger partial charge in [-0.05, 0) is 18.9 Å². The molecular weight excluding hydrogens is 290 g/mol. The standard InChI is InChI=1S/C15H16ClN3O2/c1-3-4-13-15(16)10(2)17-14(18-13)9-11-5-7-12(8-6-11)19(20)21/h5-8H,3-4,9H2,1-2H3. The van der Waals surface area contributed by atoms with Crippen molar-refractivity contribution in [3.8, 4) is 0 Å². The molecule has 0 fully saturated rings. The third-order valence-corrected chi connectivity index (χ3v) is 3.62. The van der Waals surface area contributed by atoms with Crippen LogP contribution in [-0.4, -0.2) is 14.9 Å². The maximum atomic E-state index is 10.6. The van der Waals surface area contributed by atoms with Crippen LogP contribution in [0.1, 0.15) is 36.1 Å². The zero-order chi connectivity index (χ0) is 15.4. The first-order valence-corrected chi connectivity index (χ1v) is 7.14. The molecule has 6 heteroatoms. The van der Waals surface area contributed by atoms with Crippen LogP contribution in [-0.2, 0) is 12.8 Å². The number of hydrogen-bond acceptors (Lipinski definition) is 4. The molecule has 1 heterocycles. The van der Waals surface area contributed by atoms with E-state index >= 15 is 0 Å². The van der Waals surface area contributed by atoms with Gasteiger partial charge in [-0.1, -0.05) is 37.1 Å². The Morgan fingerprint density at radius 3 is 2.48 bits per heavy atom. The molecule has 2 aromatic rings. The number of non-ortho nitro benzene ring substituents is 1. The summed E-state index contributed by atoms with van der Waals surface area (Å²) in [5.41, 5.74) is 2.65. The van der Waals surface area contributed by atoms with Gasteiger partial charge in [0.15, 0.2) is 0 Å². The number of hydrogen-bond donors (Lipinski definition) is 0. The highest BCUT2D eigenvalue weighted by molar-refractivity contribution is 6.31. The molecule has 110 valence electrons. The normalized spacial score (nSPS) is 10.6. The molecule has 1 aromatic heterocycles.